The molecule has 15 heavy (non-hydrogen) atoms. The molecule has 0 N–H and O–H groups in total. The molecule has 1 aliphatic carbocycles. The van der Waals surface area contributed by atoms with Crippen LogP contribution in [0.25, 0.3) is 0 Å². The van der Waals surface area contributed by atoms with Crippen molar-refractivity contribution in [2.24, 2.45) is 0 Å². The molecule has 0 unspecified atom stereocenters. The van der Waals surface area contributed by atoms with Crippen LogP contribution in [0.15, 0.2) is 24.3 Å². The van der Waals surface area contributed by atoms with E-state index in [1.807, 2.05) is 0 Å². The Morgan fingerprint density at radius 1 is 0.400 bits per heavy atom. The Bertz CT molecular complexity index is 156. The van der Waals surface area contributed by atoms with Crippen LogP contribution >= 0.6 is 0 Å². The summed E-state index contributed by atoms with van der Waals surface area (Å²) in [5.74, 6) is 0. The van der Waals surface area contributed by atoms with Crippen molar-refractivity contribution < 1.29 is 0 Å². The van der Waals surface area contributed by atoms with E-state index in [1.165, 1.54) is 70.6 Å². The average Bonchev–Trinajstić information content (AvgIpc) is 2.27. The van der Waals surface area contributed by atoms with Gasteiger partial charge in [-0.05, 0) is 25.7 Å². The van der Waals surface area contributed by atoms with Crippen LogP contribution in [0.5, 0.6) is 0 Å². The van der Waals surface area contributed by atoms with Gasteiger partial charge in [-0.2, -0.15) is 0 Å². The third-order valence-corrected chi connectivity index (χ3v) is 3.12. The molecule has 86 valence electrons. The van der Waals surface area contributed by atoms with Crippen LogP contribution in [0.4, 0.5) is 0 Å². The minimum absolute atomic E-state index is 1.27. The van der Waals surface area contributed by atoms with Crippen LogP contribution in [0.2, 0.25) is 0 Å². The number of allylic oxidation sites excluding steroid dienone is 4. The molecule has 0 aliphatic heterocycles. The summed E-state index contributed by atoms with van der Waals surface area (Å²) in [4.78, 5) is 0. The van der Waals surface area contributed by atoms with Crippen LogP contribution in [0, 0.1) is 0 Å². The van der Waals surface area contributed by atoms with Crippen LogP contribution in [0.1, 0.15) is 70.6 Å². The summed E-state index contributed by atoms with van der Waals surface area (Å²) in [6, 6.07) is 0. The number of hydrogen-bond donors (Lipinski definition) is 0. The first-order valence-corrected chi connectivity index (χ1v) is 6.82. The predicted molar refractivity (Wildman–Crippen MR) is 69.1 cm³/mol. The Morgan fingerprint density at radius 2 is 0.733 bits per heavy atom. The Kier molecular flexibility index (Phi) is 8.38. The minimum atomic E-state index is 1.27. The van der Waals surface area contributed by atoms with Gasteiger partial charge < -0.3 is 0 Å². The van der Waals surface area contributed by atoms with E-state index in [0.717, 1.165) is 0 Å². The third kappa shape index (κ3) is 8.47. The molecule has 0 amide bonds. The van der Waals surface area contributed by atoms with Gasteiger partial charge in [0.15, 0.2) is 0 Å². The van der Waals surface area contributed by atoms with E-state index in [9.17, 15) is 0 Å². The second-order valence-electron chi connectivity index (χ2n) is 4.62. The Labute approximate surface area is 95.5 Å². The van der Waals surface area contributed by atoms with E-state index in [2.05, 4.69) is 24.3 Å². The van der Waals surface area contributed by atoms with Gasteiger partial charge in [-0.1, -0.05) is 69.2 Å². The number of hydrogen-bond acceptors (Lipinski definition) is 0. The van der Waals surface area contributed by atoms with Gasteiger partial charge in [-0.25, -0.2) is 0 Å². The molecule has 1 rings (SSSR count). The van der Waals surface area contributed by atoms with E-state index in [-0.39, 0.29) is 0 Å². The molecule has 0 fully saturated rings. The van der Waals surface area contributed by atoms with Crippen LogP contribution in [0.3, 0.4) is 0 Å². The summed E-state index contributed by atoms with van der Waals surface area (Å²) in [5, 5.41) is 0. The zero-order valence-electron chi connectivity index (χ0n) is 10.1. The van der Waals surface area contributed by atoms with Gasteiger partial charge in [0.1, 0.15) is 0 Å². The lowest BCUT2D eigenvalue weighted by atomic mass is 10.1. The molecule has 0 nitrogen and oxygen atoms in total. The van der Waals surface area contributed by atoms with Crippen molar-refractivity contribution in [3.63, 3.8) is 0 Å². The highest BCUT2D eigenvalue weighted by Gasteiger charge is 1.92. The molecular formula is C15H26. The van der Waals surface area contributed by atoms with E-state index >= 15 is 0 Å². The van der Waals surface area contributed by atoms with Gasteiger partial charge in [0.25, 0.3) is 0 Å². The van der Waals surface area contributed by atoms with Crippen molar-refractivity contribution in [3.8, 4) is 0 Å². The monoisotopic (exact) mass is 206 g/mol. The van der Waals surface area contributed by atoms with Crippen LogP contribution in [-0.4, -0.2) is 0 Å². The fourth-order valence-electron chi connectivity index (χ4n) is 2.11. The van der Waals surface area contributed by atoms with Crippen molar-refractivity contribution in [2.75, 3.05) is 0 Å². The highest BCUT2D eigenvalue weighted by molar-refractivity contribution is 5.02. The average molecular weight is 206 g/mol. The second kappa shape index (κ2) is 10.0. The molecule has 0 heterocycles. The normalized spacial score (nSPS) is 24.0. The number of rotatable bonds is 0. The van der Waals surface area contributed by atoms with E-state index in [0.29, 0.717) is 0 Å². The minimum Gasteiger partial charge on any atom is -0.0845 e. The molecule has 0 aromatic rings. The first-order valence-electron chi connectivity index (χ1n) is 6.82. The van der Waals surface area contributed by atoms with E-state index in [1.54, 1.807) is 0 Å². The topological polar surface area (TPSA) is 0 Å². The quantitative estimate of drug-likeness (QED) is 0.497. The molecular weight excluding hydrogens is 180 g/mol. The van der Waals surface area contributed by atoms with Gasteiger partial charge in [0, 0.05) is 0 Å². The zero-order chi connectivity index (χ0) is 10.6. The Balaban J connectivity index is 2.16. The molecule has 0 heteroatoms. The molecule has 0 atom stereocenters. The van der Waals surface area contributed by atoms with Crippen LogP contribution in [-0.2, 0) is 0 Å². The lowest BCUT2D eigenvalue weighted by molar-refractivity contribution is 0.562. The smallest absolute Gasteiger partial charge is 0.0348 e. The molecule has 0 aromatic heterocycles. The fraction of sp³-hybridized carbons (Fsp3) is 0.733. The maximum absolute atomic E-state index is 2.32. The van der Waals surface area contributed by atoms with Crippen molar-refractivity contribution in [1.29, 1.82) is 0 Å². The molecule has 0 aromatic carbocycles. The van der Waals surface area contributed by atoms with Crippen molar-refractivity contribution in [1.82, 2.24) is 0 Å². The second-order valence-corrected chi connectivity index (χ2v) is 4.62. The summed E-state index contributed by atoms with van der Waals surface area (Å²) < 4.78 is 0. The molecule has 0 saturated carbocycles. The van der Waals surface area contributed by atoms with E-state index < -0.39 is 0 Å². The van der Waals surface area contributed by atoms with Gasteiger partial charge in [0.2, 0.25) is 0 Å². The van der Waals surface area contributed by atoms with Gasteiger partial charge in [-0.3, -0.25) is 0 Å². The maximum Gasteiger partial charge on any atom is -0.0348 e. The Hall–Kier alpha value is -0.520. The summed E-state index contributed by atoms with van der Waals surface area (Å²) in [6.07, 6.45) is 24.5. The van der Waals surface area contributed by atoms with Crippen molar-refractivity contribution >= 4 is 0 Å². The van der Waals surface area contributed by atoms with Crippen LogP contribution < -0.4 is 0 Å². The molecule has 0 radical (unpaired) electrons. The van der Waals surface area contributed by atoms with Crippen molar-refractivity contribution in [2.45, 2.75) is 70.6 Å². The highest BCUT2D eigenvalue weighted by atomic mass is 14.0. The molecule has 1 aliphatic rings. The molecule has 0 saturated heterocycles. The van der Waals surface area contributed by atoms with Gasteiger partial charge in [-0.15, -0.1) is 0 Å². The lowest BCUT2D eigenvalue weighted by Crippen LogP contribution is -1.81. The standard InChI is InChI=1S/C15H26/c1-2-4-6-8-10-12-14-15-13-11-9-7-5-3-1/h1-4H,5-15H2/b3-1-,4-2?. The summed E-state index contributed by atoms with van der Waals surface area (Å²) in [7, 11) is 0. The summed E-state index contributed by atoms with van der Waals surface area (Å²) >= 11 is 0. The van der Waals surface area contributed by atoms with Gasteiger partial charge in [0.05, 0.1) is 0 Å². The lowest BCUT2D eigenvalue weighted by Gasteiger charge is -2.00. The first-order chi connectivity index (χ1) is 7.50. The fourth-order valence-corrected chi connectivity index (χ4v) is 2.11. The highest BCUT2D eigenvalue weighted by Crippen LogP contribution is 2.12. The molecule has 0 spiro atoms. The van der Waals surface area contributed by atoms with Crippen molar-refractivity contribution in [3.05, 3.63) is 24.3 Å². The van der Waals surface area contributed by atoms with Gasteiger partial charge >= 0.3 is 0 Å². The zero-order valence-corrected chi connectivity index (χ0v) is 10.1. The summed E-state index contributed by atoms with van der Waals surface area (Å²) in [5.41, 5.74) is 0. The SMILES string of the molecule is C1=CCCCCCCCCCCC/C=C\1. The summed E-state index contributed by atoms with van der Waals surface area (Å²) in [6.45, 7) is 0. The molecule has 0 bridgehead atoms. The largest absolute Gasteiger partial charge is 0.0845 e. The predicted octanol–water partition coefficient (Wildman–Crippen LogP) is 5.40. The third-order valence-electron chi connectivity index (χ3n) is 3.12. The first kappa shape index (κ1) is 12.5. The Morgan fingerprint density at radius 3 is 1.13 bits per heavy atom. The maximum atomic E-state index is 2.32. The van der Waals surface area contributed by atoms with E-state index in [4.69, 9.17) is 0 Å².